The Labute approximate surface area is 125 Å². The van der Waals surface area contributed by atoms with Gasteiger partial charge in [-0.15, -0.1) is 0 Å². The number of carbonyl (C=O) groups is 1. The highest BCUT2D eigenvalue weighted by Gasteiger charge is 2.09. The number of benzene rings is 2. The molecule has 4 nitrogen and oxygen atoms in total. The van der Waals surface area contributed by atoms with Gasteiger partial charge in [0.05, 0.1) is 0 Å². The first kappa shape index (κ1) is 13.3. The van der Waals surface area contributed by atoms with Crippen LogP contribution in [0, 0.1) is 0 Å². The third-order valence-electron chi connectivity index (χ3n) is 3.19. The zero-order chi connectivity index (χ0) is 14.8. The SMILES string of the molecule is NC(N)=NC(=O)c1ccc2cccc(-c3ccsc3)c2c1. The van der Waals surface area contributed by atoms with Crippen LogP contribution in [0.25, 0.3) is 21.9 Å². The molecule has 4 N–H and O–H groups in total. The van der Waals surface area contributed by atoms with Gasteiger partial charge < -0.3 is 11.5 Å². The lowest BCUT2D eigenvalue weighted by atomic mass is 9.98. The molecule has 0 aliphatic heterocycles. The third kappa shape index (κ3) is 2.64. The number of rotatable bonds is 2. The highest BCUT2D eigenvalue weighted by Crippen LogP contribution is 2.30. The van der Waals surface area contributed by atoms with Crippen LogP contribution in [0.15, 0.2) is 58.2 Å². The van der Waals surface area contributed by atoms with Crippen LogP contribution in [0.1, 0.15) is 10.4 Å². The van der Waals surface area contributed by atoms with Gasteiger partial charge in [-0.1, -0.05) is 24.3 Å². The van der Waals surface area contributed by atoms with E-state index in [0.29, 0.717) is 5.56 Å². The maximum Gasteiger partial charge on any atom is 0.280 e. The standard InChI is InChI=1S/C16H13N3OS/c17-16(18)19-15(20)11-5-4-10-2-1-3-13(14(10)8-11)12-6-7-21-9-12/h1-9H,(H4,17,18,19,20). The number of fused-ring (bicyclic) bond motifs is 1. The van der Waals surface area contributed by atoms with Gasteiger partial charge in [-0.05, 0) is 50.9 Å². The molecule has 0 saturated carbocycles. The molecule has 1 heterocycles. The number of hydrogen-bond donors (Lipinski definition) is 2. The van der Waals surface area contributed by atoms with Crippen molar-refractivity contribution in [3.05, 3.63) is 58.8 Å². The van der Waals surface area contributed by atoms with E-state index in [0.717, 1.165) is 21.9 Å². The molecule has 104 valence electrons. The average molecular weight is 295 g/mol. The first-order valence-electron chi connectivity index (χ1n) is 6.34. The highest BCUT2D eigenvalue weighted by atomic mass is 32.1. The monoisotopic (exact) mass is 295 g/mol. The van der Waals surface area contributed by atoms with Crippen LogP contribution in [-0.2, 0) is 0 Å². The summed E-state index contributed by atoms with van der Waals surface area (Å²) in [6.45, 7) is 0. The predicted molar refractivity (Wildman–Crippen MR) is 87.4 cm³/mol. The lowest BCUT2D eigenvalue weighted by molar-refractivity contribution is 0.100. The van der Waals surface area contributed by atoms with Gasteiger partial charge in [-0.25, -0.2) is 0 Å². The van der Waals surface area contributed by atoms with Gasteiger partial charge in [0.25, 0.3) is 5.91 Å². The van der Waals surface area contributed by atoms with E-state index in [1.165, 1.54) is 0 Å². The van der Waals surface area contributed by atoms with Crippen LogP contribution >= 0.6 is 11.3 Å². The Balaban J connectivity index is 2.18. The molecule has 0 aliphatic carbocycles. The van der Waals surface area contributed by atoms with E-state index in [1.807, 2.05) is 35.7 Å². The summed E-state index contributed by atoms with van der Waals surface area (Å²) in [5, 5.41) is 6.19. The first-order valence-corrected chi connectivity index (χ1v) is 7.29. The number of nitrogens with two attached hydrogens (primary N) is 2. The van der Waals surface area contributed by atoms with Crippen LogP contribution in [0.3, 0.4) is 0 Å². The van der Waals surface area contributed by atoms with Crippen molar-refractivity contribution in [2.24, 2.45) is 16.5 Å². The number of hydrogen-bond acceptors (Lipinski definition) is 2. The number of amides is 1. The molecule has 0 fully saturated rings. The molecule has 3 aromatic rings. The van der Waals surface area contributed by atoms with Crippen molar-refractivity contribution < 1.29 is 4.79 Å². The minimum absolute atomic E-state index is 0.230. The van der Waals surface area contributed by atoms with Crippen molar-refractivity contribution in [1.29, 1.82) is 0 Å². The molecule has 0 unspecified atom stereocenters. The van der Waals surface area contributed by atoms with Gasteiger partial charge in [-0.3, -0.25) is 4.79 Å². The second-order valence-electron chi connectivity index (χ2n) is 4.60. The predicted octanol–water partition coefficient (Wildman–Crippen LogP) is 2.98. The van der Waals surface area contributed by atoms with Crippen molar-refractivity contribution in [2.45, 2.75) is 0 Å². The molecule has 5 heteroatoms. The fraction of sp³-hybridized carbons (Fsp3) is 0. The molecule has 0 aliphatic rings. The lowest BCUT2D eigenvalue weighted by Crippen LogP contribution is -2.24. The van der Waals surface area contributed by atoms with Crippen LogP contribution in [0.2, 0.25) is 0 Å². The van der Waals surface area contributed by atoms with E-state index in [1.54, 1.807) is 17.4 Å². The maximum absolute atomic E-state index is 12.0. The minimum atomic E-state index is -0.433. The topological polar surface area (TPSA) is 81.5 Å². The van der Waals surface area contributed by atoms with Gasteiger partial charge >= 0.3 is 0 Å². The molecule has 0 atom stereocenters. The van der Waals surface area contributed by atoms with Gasteiger partial charge in [-0.2, -0.15) is 16.3 Å². The molecule has 3 rings (SSSR count). The summed E-state index contributed by atoms with van der Waals surface area (Å²) < 4.78 is 0. The summed E-state index contributed by atoms with van der Waals surface area (Å²) in [7, 11) is 0. The van der Waals surface area contributed by atoms with E-state index in [-0.39, 0.29) is 5.96 Å². The summed E-state index contributed by atoms with van der Waals surface area (Å²) >= 11 is 1.64. The zero-order valence-electron chi connectivity index (χ0n) is 11.1. The van der Waals surface area contributed by atoms with Crippen molar-refractivity contribution in [1.82, 2.24) is 0 Å². The number of guanidine groups is 1. The van der Waals surface area contributed by atoms with Crippen molar-refractivity contribution >= 4 is 34.0 Å². The molecular weight excluding hydrogens is 282 g/mol. The molecule has 1 aromatic heterocycles. The average Bonchev–Trinajstić information content (AvgIpc) is 2.99. The van der Waals surface area contributed by atoms with E-state index < -0.39 is 5.91 Å². The van der Waals surface area contributed by atoms with E-state index in [9.17, 15) is 4.79 Å². The molecule has 2 aromatic carbocycles. The van der Waals surface area contributed by atoms with Crippen molar-refractivity contribution in [2.75, 3.05) is 0 Å². The second kappa shape index (κ2) is 5.38. The molecule has 0 radical (unpaired) electrons. The summed E-state index contributed by atoms with van der Waals surface area (Å²) in [5.74, 6) is -0.664. The van der Waals surface area contributed by atoms with E-state index in [2.05, 4.69) is 16.4 Å². The Morgan fingerprint density at radius 3 is 2.67 bits per heavy atom. The second-order valence-corrected chi connectivity index (χ2v) is 5.38. The van der Waals surface area contributed by atoms with Crippen LogP contribution in [0.5, 0.6) is 0 Å². The Hall–Kier alpha value is -2.66. The number of carbonyl (C=O) groups excluding carboxylic acids is 1. The Kier molecular flexibility index (Phi) is 3.41. The number of thiophene rings is 1. The van der Waals surface area contributed by atoms with E-state index >= 15 is 0 Å². The van der Waals surface area contributed by atoms with E-state index in [4.69, 9.17) is 11.5 Å². The fourth-order valence-electron chi connectivity index (χ4n) is 2.26. The molecule has 0 spiro atoms. The molecule has 0 saturated heterocycles. The smallest absolute Gasteiger partial charge is 0.280 e. The van der Waals surface area contributed by atoms with Gasteiger partial charge in [0.1, 0.15) is 0 Å². The quantitative estimate of drug-likeness (QED) is 0.563. The molecular formula is C16H13N3OS. The molecule has 21 heavy (non-hydrogen) atoms. The lowest BCUT2D eigenvalue weighted by Gasteiger charge is -2.06. The number of aliphatic imine (C=N–C) groups is 1. The van der Waals surface area contributed by atoms with Crippen molar-refractivity contribution in [3.63, 3.8) is 0 Å². The zero-order valence-corrected chi connectivity index (χ0v) is 11.9. The third-order valence-corrected chi connectivity index (χ3v) is 3.88. The normalized spacial score (nSPS) is 10.5. The Morgan fingerprint density at radius 1 is 1.10 bits per heavy atom. The van der Waals surface area contributed by atoms with Crippen LogP contribution < -0.4 is 11.5 Å². The summed E-state index contributed by atoms with van der Waals surface area (Å²) in [6, 6.07) is 13.6. The minimum Gasteiger partial charge on any atom is -0.370 e. The molecule has 1 amide bonds. The number of nitrogens with zero attached hydrogens (tertiary/aromatic N) is 1. The Bertz CT molecular complexity index is 834. The Morgan fingerprint density at radius 2 is 1.95 bits per heavy atom. The van der Waals surface area contributed by atoms with Gasteiger partial charge in [0.15, 0.2) is 5.96 Å². The summed E-state index contributed by atoms with van der Waals surface area (Å²) in [4.78, 5) is 15.5. The highest BCUT2D eigenvalue weighted by molar-refractivity contribution is 7.08. The summed E-state index contributed by atoms with van der Waals surface area (Å²) in [5.41, 5.74) is 13.2. The van der Waals surface area contributed by atoms with Crippen LogP contribution in [0.4, 0.5) is 0 Å². The van der Waals surface area contributed by atoms with Crippen molar-refractivity contribution in [3.8, 4) is 11.1 Å². The first-order chi connectivity index (χ1) is 10.1. The van der Waals surface area contributed by atoms with Crippen LogP contribution in [-0.4, -0.2) is 11.9 Å². The van der Waals surface area contributed by atoms with Gasteiger partial charge in [0.2, 0.25) is 0 Å². The van der Waals surface area contributed by atoms with Gasteiger partial charge in [0, 0.05) is 5.56 Å². The molecule has 0 bridgehead atoms. The largest absolute Gasteiger partial charge is 0.370 e. The summed E-state index contributed by atoms with van der Waals surface area (Å²) in [6.07, 6.45) is 0. The fourth-order valence-corrected chi connectivity index (χ4v) is 2.91. The maximum atomic E-state index is 12.0.